The predicted molar refractivity (Wildman–Crippen MR) is 169 cm³/mol. The van der Waals surface area contributed by atoms with Gasteiger partial charge in [0.05, 0.1) is 68.3 Å². The van der Waals surface area contributed by atoms with Gasteiger partial charge in [-0.1, -0.05) is 17.7 Å². The summed E-state index contributed by atoms with van der Waals surface area (Å²) in [5.74, 6) is -2.36. The number of anilines is 1. The van der Waals surface area contributed by atoms with E-state index < -0.39 is 39.8 Å². The van der Waals surface area contributed by atoms with Crippen molar-refractivity contribution in [1.29, 1.82) is 0 Å². The number of hydrogen-bond donors (Lipinski definition) is 2. The molecule has 258 valence electrons. The van der Waals surface area contributed by atoms with Crippen LogP contribution in [0.5, 0.6) is 0 Å². The van der Waals surface area contributed by atoms with E-state index in [2.05, 4.69) is 10.6 Å². The molecule has 15 nitrogen and oxygen atoms in total. The Morgan fingerprint density at radius 2 is 1.48 bits per heavy atom. The lowest BCUT2D eigenvalue weighted by Crippen LogP contribution is -2.59. The van der Waals surface area contributed by atoms with Gasteiger partial charge in [-0.05, 0) is 43.7 Å². The maximum atomic E-state index is 13.1. The van der Waals surface area contributed by atoms with Crippen LogP contribution in [0.3, 0.4) is 0 Å². The molecule has 0 bridgehead atoms. The number of carbonyl (C=O) groups excluding carboxylic acids is 5. The normalized spacial score (nSPS) is 18.1. The second kappa shape index (κ2) is 15.8. The molecule has 5 rings (SSSR count). The molecule has 0 spiro atoms. The Morgan fingerprint density at radius 1 is 0.854 bits per heavy atom. The van der Waals surface area contributed by atoms with Crippen LogP contribution in [0, 0.1) is 6.92 Å². The molecule has 1 atom stereocenters. The number of hydrogen-bond acceptors (Lipinski definition) is 12. The summed E-state index contributed by atoms with van der Waals surface area (Å²) in [4.78, 5) is 65.0. The van der Waals surface area contributed by atoms with Crippen LogP contribution in [0.25, 0.3) is 0 Å². The number of amides is 5. The minimum Gasteiger partial charge on any atom is -0.379 e. The average Bonchev–Trinajstić information content (AvgIpc) is 3.28. The fourth-order valence-corrected chi connectivity index (χ4v) is 6.31. The zero-order valence-electron chi connectivity index (χ0n) is 26.5. The summed E-state index contributed by atoms with van der Waals surface area (Å²) in [5.41, 5.74) is 2.09. The molecular weight excluding hydrogens is 648 g/mol. The molecule has 3 aliphatic heterocycles. The Balaban J connectivity index is 0.894. The minimum absolute atomic E-state index is 0.0549. The fraction of sp³-hybridized carbons (Fsp3) is 0.469. The van der Waals surface area contributed by atoms with Crippen molar-refractivity contribution >= 4 is 45.3 Å². The van der Waals surface area contributed by atoms with Crippen LogP contribution in [0.4, 0.5) is 5.69 Å². The van der Waals surface area contributed by atoms with E-state index in [4.69, 9.17) is 18.4 Å². The number of ether oxygens (including phenoxy) is 3. The maximum Gasteiger partial charge on any atom is 0.297 e. The lowest BCUT2D eigenvalue weighted by molar-refractivity contribution is -0.136. The number of carbonyl (C=O) groups is 5. The second-order valence-electron chi connectivity index (χ2n) is 11.5. The standard InChI is InChI=1S/C32H38N4O11S/c1-21-2-5-24(6-3-21)48(42,43)47-17-16-46-15-14-45-13-12-44-11-10-29(38)33-22-19-35(20-22)23-4-7-25-26(18-23)32(41)36(31(25)40)27-8-9-28(37)34-30(27)39/h2-7,18,22,27H,8-17,19-20H2,1H3,(H,33,38)(H,34,37,39). The first-order chi connectivity index (χ1) is 23.0. The smallest absolute Gasteiger partial charge is 0.297 e. The van der Waals surface area contributed by atoms with Gasteiger partial charge in [-0.2, -0.15) is 8.42 Å². The Kier molecular flexibility index (Phi) is 11.5. The van der Waals surface area contributed by atoms with Gasteiger partial charge in [0.15, 0.2) is 0 Å². The molecule has 48 heavy (non-hydrogen) atoms. The summed E-state index contributed by atoms with van der Waals surface area (Å²) < 4.78 is 45.4. The first-order valence-electron chi connectivity index (χ1n) is 15.6. The number of fused-ring (bicyclic) bond motifs is 1. The van der Waals surface area contributed by atoms with Crippen LogP contribution in [0.2, 0.25) is 0 Å². The number of piperidine rings is 1. The van der Waals surface area contributed by atoms with Crippen LogP contribution >= 0.6 is 0 Å². The minimum atomic E-state index is -3.82. The number of rotatable bonds is 17. The summed E-state index contributed by atoms with van der Waals surface area (Å²) in [6.07, 6.45) is 0.326. The topological polar surface area (TPSA) is 187 Å². The second-order valence-corrected chi connectivity index (χ2v) is 13.1. The summed E-state index contributed by atoms with van der Waals surface area (Å²) in [6, 6.07) is 10.2. The third kappa shape index (κ3) is 8.62. The summed E-state index contributed by atoms with van der Waals surface area (Å²) >= 11 is 0. The highest BCUT2D eigenvalue weighted by atomic mass is 32.2. The average molecular weight is 687 g/mol. The highest BCUT2D eigenvalue weighted by Crippen LogP contribution is 2.32. The van der Waals surface area contributed by atoms with Crippen LogP contribution in [-0.4, -0.2) is 114 Å². The molecule has 2 aromatic carbocycles. The lowest BCUT2D eigenvalue weighted by atomic mass is 10.0. The predicted octanol–water partition coefficient (Wildman–Crippen LogP) is 0.546. The number of nitrogens with zero attached hydrogens (tertiary/aromatic N) is 2. The van der Waals surface area contributed by atoms with Crippen molar-refractivity contribution in [2.75, 3.05) is 64.2 Å². The van der Waals surface area contributed by atoms with Gasteiger partial charge in [0.1, 0.15) is 6.04 Å². The van der Waals surface area contributed by atoms with Crippen LogP contribution in [-0.2, 0) is 42.9 Å². The summed E-state index contributed by atoms with van der Waals surface area (Å²) in [7, 11) is -3.82. The molecule has 3 heterocycles. The number of benzene rings is 2. The highest BCUT2D eigenvalue weighted by molar-refractivity contribution is 7.86. The quantitative estimate of drug-likeness (QED) is 0.134. The number of imide groups is 2. The van der Waals surface area contributed by atoms with Gasteiger partial charge in [-0.15, -0.1) is 0 Å². The van der Waals surface area contributed by atoms with E-state index in [9.17, 15) is 32.4 Å². The van der Waals surface area contributed by atoms with Crippen molar-refractivity contribution in [2.45, 2.75) is 43.2 Å². The third-order valence-corrected chi connectivity index (χ3v) is 9.35. The molecule has 5 amide bonds. The summed E-state index contributed by atoms with van der Waals surface area (Å²) in [5, 5.41) is 5.12. The monoisotopic (exact) mass is 686 g/mol. The molecule has 0 radical (unpaired) electrons. The van der Waals surface area contributed by atoms with E-state index in [0.29, 0.717) is 32.9 Å². The van der Waals surface area contributed by atoms with Crippen LogP contribution in [0.15, 0.2) is 47.4 Å². The molecule has 2 fully saturated rings. The van der Waals surface area contributed by atoms with Crippen molar-refractivity contribution in [1.82, 2.24) is 15.5 Å². The van der Waals surface area contributed by atoms with Crippen molar-refractivity contribution in [2.24, 2.45) is 0 Å². The van der Waals surface area contributed by atoms with Crippen molar-refractivity contribution in [3.63, 3.8) is 0 Å². The van der Waals surface area contributed by atoms with E-state index in [1.54, 1.807) is 30.3 Å². The van der Waals surface area contributed by atoms with Gasteiger partial charge in [0.2, 0.25) is 17.7 Å². The zero-order valence-corrected chi connectivity index (χ0v) is 27.3. The van der Waals surface area contributed by atoms with Gasteiger partial charge in [0.25, 0.3) is 21.9 Å². The Labute approximate surface area is 277 Å². The molecule has 2 saturated heterocycles. The largest absolute Gasteiger partial charge is 0.379 e. The van der Waals surface area contributed by atoms with Gasteiger partial charge < -0.3 is 24.4 Å². The summed E-state index contributed by atoms with van der Waals surface area (Å²) in [6.45, 7) is 4.27. The number of aryl methyl sites for hydroxylation is 1. The van der Waals surface area contributed by atoms with Crippen molar-refractivity contribution in [3.05, 3.63) is 59.2 Å². The van der Waals surface area contributed by atoms with Gasteiger partial charge in [-0.25, -0.2) is 0 Å². The molecule has 1 unspecified atom stereocenters. The van der Waals surface area contributed by atoms with E-state index in [1.165, 1.54) is 12.1 Å². The van der Waals surface area contributed by atoms with E-state index in [1.807, 2.05) is 11.8 Å². The molecule has 0 aromatic heterocycles. The van der Waals surface area contributed by atoms with Crippen molar-refractivity contribution in [3.8, 4) is 0 Å². The van der Waals surface area contributed by atoms with Crippen LogP contribution < -0.4 is 15.5 Å². The molecule has 3 aliphatic rings. The van der Waals surface area contributed by atoms with Gasteiger partial charge >= 0.3 is 0 Å². The highest BCUT2D eigenvalue weighted by Gasteiger charge is 2.45. The zero-order chi connectivity index (χ0) is 34.3. The maximum absolute atomic E-state index is 13.1. The molecule has 2 aromatic rings. The molecule has 16 heteroatoms. The third-order valence-electron chi connectivity index (χ3n) is 8.03. The SMILES string of the molecule is Cc1ccc(S(=O)(=O)OCCOCCOCCOCCC(=O)NC2CN(c3ccc4c(c3)C(=O)N(C3CCC(=O)NC3=O)C4=O)C2)cc1. The molecule has 2 N–H and O–H groups in total. The first kappa shape index (κ1) is 35.1. The Hall–Kier alpha value is -4.22. The van der Waals surface area contributed by atoms with E-state index in [0.717, 1.165) is 16.2 Å². The first-order valence-corrected chi connectivity index (χ1v) is 17.0. The molecule has 0 aliphatic carbocycles. The fourth-order valence-electron chi connectivity index (χ4n) is 5.42. The van der Waals surface area contributed by atoms with Crippen LogP contribution in [0.1, 0.15) is 45.5 Å². The van der Waals surface area contributed by atoms with Gasteiger partial charge in [-0.3, -0.25) is 38.4 Å². The number of nitrogens with one attached hydrogen (secondary N) is 2. The van der Waals surface area contributed by atoms with Crippen molar-refractivity contribution < 1.29 is 50.8 Å². The lowest BCUT2D eigenvalue weighted by Gasteiger charge is -2.41. The van der Waals surface area contributed by atoms with E-state index >= 15 is 0 Å². The van der Waals surface area contributed by atoms with E-state index in [-0.39, 0.29) is 73.7 Å². The Bertz CT molecular complexity index is 1640. The molecule has 0 saturated carbocycles. The molecular formula is C32H38N4O11S. The van der Waals surface area contributed by atoms with Gasteiger partial charge in [0, 0.05) is 31.6 Å². The Morgan fingerprint density at radius 3 is 2.15 bits per heavy atom.